The molecule has 0 spiro atoms. The van der Waals surface area contributed by atoms with Crippen LogP contribution in [0.5, 0.6) is 0 Å². The number of aromatic nitrogens is 2. The minimum Gasteiger partial charge on any atom is -0.295 e. The molecule has 3 rings (SSSR count). The van der Waals surface area contributed by atoms with E-state index in [-0.39, 0.29) is 10.6 Å². The van der Waals surface area contributed by atoms with E-state index in [9.17, 15) is 13.2 Å². The van der Waals surface area contributed by atoms with Crippen LogP contribution in [-0.2, 0) is 24.1 Å². The summed E-state index contributed by atoms with van der Waals surface area (Å²) in [6.45, 7) is 0. The summed E-state index contributed by atoms with van der Waals surface area (Å²) in [6, 6.07) is 11.5. The van der Waals surface area contributed by atoms with Crippen LogP contribution in [0, 0.1) is 0 Å². The topological polar surface area (TPSA) is 73.1 Å². The second-order valence-electron chi connectivity index (χ2n) is 5.16. The van der Waals surface area contributed by atoms with Crippen molar-refractivity contribution < 1.29 is 8.42 Å². The molecule has 0 saturated heterocycles. The molecule has 120 valence electrons. The van der Waals surface area contributed by atoms with Gasteiger partial charge in [-0.3, -0.25) is 13.9 Å². The second-order valence-corrected chi connectivity index (χ2v) is 7.76. The Morgan fingerprint density at radius 2 is 1.57 bits per heavy atom. The number of anilines is 1. The number of rotatable bonds is 3. The van der Waals surface area contributed by atoms with E-state index in [0.29, 0.717) is 16.7 Å². The van der Waals surface area contributed by atoms with Crippen LogP contribution < -0.4 is 10.4 Å². The first-order valence-corrected chi connectivity index (χ1v) is 9.01. The summed E-state index contributed by atoms with van der Waals surface area (Å²) in [6.07, 6.45) is 0. The first-order valence-electron chi connectivity index (χ1n) is 6.73. The van der Waals surface area contributed by atoms with Crippen molar-refractivity contribution in [2.24, 2.45) is 14.1 Å². The second kappa shape index (κ2) is 5.54. The van der Waals surface area contributed by atoms with Crippen LogP contribution in [0.4, 0.5) is 5.69 Å². The molecule has 0 atom stereocenters. The zero-order valence-electron chi connectivity index (χ0n) is 12.4. The normalized spacial score (nSPS) is 11.8. The van der Waals surface area contributed by atoms with Crippen molar-refractivity contribution in [2.75, 3.05) is 4.72 Å². The maximum atomic E-state index is 12.5. The highest BCUT2D eigenvalue weighted by Gasteiger charge is 2.17. The minimum atomic E-state index is -3.73. The van der Waals surface area contributed by atoms with E-state index in [0.717, 1.165) is 4.47 Å². The number of fused-ring (bicyclic) bond motifs is 1. The molecule has 3 aromatic rings. The van der Waals surface area contributed by atoms with Gasteiger partial charge < -0.3 is 0 Å². The first kappa shape index (κ1) is 15.8. The molecule has 0 bridgehead atoms. The zero-order valence-corrected chi connectivity index (χ0v) is 14.8. The molecule has 23 heavy (non-hydrogen) atoms. The lowest BCUT2D eigenvalue weighted by Gasteiger charge is -2.08. The van der Waals surface area contributed by atoms with E-state index in [1.165, 1.54) is 21.3 Å². The maximum Gasteiger partial charge on any atom is 0.328 e. The number of nitrogens with zero attached hydrogens (tertiary/aromatic N) is 2. The van der Waals surface area contributed by atoms with Gasteiger partial charge in [0.25, 0.3) is 10.0 Å². The average Bonchev–Trinajstić information content (AvgIpc) is 2.74. The van der Waals surface area contributed by atoms with Gasteiger partial charge in [-0.05, 0) is 42.5 Å². The summed E-state index contributed by atoms with van der Waals surface area (Å²) in [5, 5.41) is 0. The van der Waals surface area contributed by atoms with Gasteiger partial charge >= 0.3 is 5.69 Å². The fraction of sp³-hybridized carbons (Fsp3) is 0.133. The molecule has 0 amide bonds. The minimum absolute atomic E-state index is 0.106. The van der Waals surface area contributed by atoms with Gasteiger partial charge in [-0.25, -0.2) is 13.2 Å². The molecule has 0 aliphatic carbocycles. The van der Waals surface area contributed by atoms with Crippen molar-refractivity contribution in [3.05, 3.63) is 57.4 Å². The van der Waals surface area contributed by atoms with Crippen LogP contribution in [0.25, 0.3) is 11.0 Å². The van der Waals surface area contributed by atoms with E-state index < -0.39 is 10.0 Å². The van der Waals surface area contributed by atoms with Crippen LogP contribution in [-0.4, -0.2) is 17.6 Å². The molecular formula is C15H14BrN3O3S. The number of hydrogen-bond acceptors (Lipinski definition) is 3. The van der Waals surface area contributed by atoms with Crippen LogP contribution in [0.3, 0.4) is 0 Å². The predicted molar refractivity (Wildman–Crippen MR) is 93.1 cm³/mol. The predicted octanol–water partition coefficient (Wildman–Crippen LogP) is 2.44. The molecular weight excluding hydrogens is 382 g/mol. The van der Waals surface area contributed by atoms with E-state index >= 15 is 0 Å². The molecule has 8 heteroatoms. The Morgan fingerprint density at radius 3 is 2.22 bits per heavy atom. The molecule has 0 aliphatic heterocycles. The summed E-state index contributed by atoms with van der Waals surface area (Å²) in [5.74, 6) is 0. The Morgan fingerprint density at radius 1 is 0.957 bits per heavy atom. The summed E-state index contributed by atoms with van der Waals surface area (Å²) < 4.78 is 31.3. The van der Waals surface area contributed by atoms with Crippen molar-refractivity contribution in [1.82, 2.24) is 9.13 Å². The number of benzene rings is 2. The molecule has 1 N–H and O–H groups in total. The number of imidazole rings is 1. The van der Waals surface area contributed by atoms with Crippen LogP contribution in [0.1, 0.15) is 0 Å². The standard InChI is InChI=1S/C15H14BrN3O3S/c1-18-13-8-7-12(9-14(13)19(2)15(18)20)23(21,22)17-11-5-3-10(16)4-6-11/h3-9,17H,1-2H3. The molecule has 1 heterocycles. The van der Waals surface area contributed by atoms with E-state index in [1.807, 2.05) is 0 Å². The van der Waals surface area contributed by atoms with E-state index in [2.05, 4.69) is 20.7 Å². The number of hydrogen-bond donors (Lipinski definition) is 1. The third kappa shape index (κ3) is 2.79. The highest BCUT2D eigenvalue weighted by Crippen LogP contribution is 2.21. The molecule has 1 aromatic heterocycles. The molecule has 6 nitrogen and oxygen atoms in total. The first-order chi connectivity index (χ1) is 10.8. The largest absolute Gasteiger partial charge is 0.328 e. The molecule has 0 unspecified atom stereocenters. The van der Waals surface area contributed by atoms with Crippen molar-refractivity contribution in [2.45, 2.75) is 4.90 Å². The highest BCUT2D eigenvalue weighted by atomic mass is 79.9. The van der Waals surface area contributed by atoms with Crippen LogP contribution >= 0.6 is 15.9 Å². The lowest BCUT2D eigenvalue weighted by Crippen LogP contribution is -2.19. The van der Waals surface area contributed by atoms with Crippen molar-refractivity contribution in [3.8, 4) is 0 Å². The van der Waals surface area contributed by atoms with Crippen molar-refractivity contribution in [3.63, 3.8) is 0 Å². The van der Waals surface area contributed by atoms with Crippen molar-refractivity contribution >= 4 is 42.7 Å². The third-order valence-electron chi connectivity index (χ3n) is 3.65. The zero-order chi connectivity index (χ0) is 16.8. The Kier molecular flexibility index (Phi) is 3.81. The molecule has 0 saturated carbocycles. The fourth-order valence-corrected chi connectivity index (χ4v) is 3.73. The summed E-state index contributed by atoms with van der Waals surface area (Å²) >= 11 is 3.30. The smallest absolute Gasteiger partial charge is 0.295 e. The molecule has 2 aromatic carbocycles. The number of sulfonamides is 1. The summed E-state index contributed by atoms with van der Waals surface area (Å²) in [7, 11) is -0.462. The highest BCUT2D eigenvalue weighted by molar-refractivity contribution is 9.10. The van der Waals surface area contributed by atoms with Gasteiger partial charge in [-0.2, -0.15) is 0 Å². The Hall–Kier alpha value is -2.06. The third-order valence-corrected chi connectivity index (χ3v) is 5.56. The van der Waals surface area contributed by atoms with Gasteiger partial charge in [0.1, 0.15) is 0 Å². The van der Waals surface area contributed by atoms with Gasteiger partial charge in [-0.1, -0.05) is 15.9 Å². The van der Waals surface area contributed by atoms with Gasteiger partial charge in [0.15, 0.2) is 0 Å². The average molecular weight is 396 g/mol. The number of aryl methyl sites for hydroxylation is 2. The maximum absolute atomic E-state index is 12.5. The SMILES string of the molecule is Cn1c(=O)n(C)c2cc(S(=O)(=O)Nc3ccc(Br)cc3)ccc21. The van der Waals surface area contributed by atoms with Gasteiger partial charge in [-0.15, -0.1) is 0 Å². The summed E-state index contributed by atoms with van der Waals surface area (Å²) in [5.41, 5.74) is 1.52. The molecule has 0 fully saturated rings. The Labute approximate surface area is 141 Å². The monoisotopic (exact) mass is 395 g/mol. The summed E-state index contributed by atoms with van der Waals surface area (Å²) in [4.78, 5) is 12.0. The number of halogens is 1. The quantitative estimate of drug-likeness (QED) is 0.739. The molecule has 0 radical (unpaired) electrons. The fourth-order valence-electron chi connectivity index (χ4n) is 2.39. The van der Waals surface area contributed by atoms with E-state index in [4.69, 9.17) is 0 Å². The lowest BCUT2D eigenvalue weighted by molar-refractivity contribution is 0.601. The number of nitrogens with one attached hydrogen (secondary N) is 1. The van der Waals surface area contributed by atoms with E-state index in [1.54, 1.807) is 44.4 Å². The van der Waals surface area contributed by atoms with Gasteiger partial charge in [0, 0.05) is 24.3 Å². The van der Waals surface area contributed by atoms with Gasteiger partial charge in [0.05, 0.1) is 15.9 Å². The Balaban J connectivity index is 2.06. The van der Waals surface area contributed by atoms with Crippen LogP contribution in [0.2, 0.25) is 0 Å². The van der Waals surface area contributed by atoms with Crippen molar-refractivity contribution in [1.29, 1.82) is 0 Å². The molecule has 0 aliphatic rings. The van der Waals surface area contributed by atoms with Crippen LogP contribution in [0.15, 0.2) is 56.6 Å². The van der Waals surface area contributed by atoms with Gasteiger partial charge in [0.2, 0.25) is 0 Å². The Bertz CT molecular complexity index is 1050. The lowest BCUT2D eigenvalue weighted by atomic mass is 10.3.